The highest BCUT2D eigenvalue weighted by Gasteiger charge is 2.27. The Morgan fingerprint density at radius 3 is 2.80 bits per heavy atom. The van der Waals surface area contributed by atoms with Gasteiger partial charge in [0.05, 0.1) is 0 Å². The zero-order valence-corrected chi connectivity index (χ0v) is 10.7. The maximum absolute atomic E-state index is 6.01. The Bertz CT molecular complexity index is 357. The van der Waals surface area contributed by atoms with Gasteiger partial charge in [0.15, 0.2) is 0 Å². The Kier molecular flexibility index (Phi) is 2.98. The van der Waals surface area contributed by atoms with Gasteiger partial charge < -0.3 is 10.6 Å². The van der Waals surface area contributed by atoms with Crippen LogP contribution in [0.1, 0.15) is 12.5 Å². The number of pyridine rings is 1. The molecule has 2 N–H and O–H groups in total. The van der Waals surface area contributed by atoms with Gasteiger partial charge in [0, 0.05) is 29.8 Å². The molecule has 2 atom stereocenters. The highest BCUT2D eigenvalue weighted by molar-refractivity contribution is 9.10. The molecule has 1 fully saturated rings. The molecule has 0 bridgehead atoms. The molecule has 4 heteroatoms. The van der Waals surface area contributed by atoms with E-state index in [2.05, 4.69) is 45.7 Å². The molecule has 0 radical (unpaired) electrons. The molecule has 82 valence electrons. The molecular weight excluding hydrogens is 254 g/mol. The monoisotopic (exact) mass is 269 g/mol. The van der Waals surface area contributed by atoms with Crippen molar-refractivity contribution in [1.82, 2.24) is 4.98 Å². The van der Waals surface area contributed by atoms with Gasteiger partial charge in [-0.1, -0.05) is 6.92 Å². The number of nitrogens with two attached hydrogens (primary N) is 1. The van der Waals surface area contributed by atoms with Gasteiger partial charge in [0.2, 0.25) is 0 Å². The van der Waals surface area contributed by atoms with E-state index in [1.54, 1.807) is 0 Å². The van der Waals surface area contributed by atoms with Gasteiger partial charge in [0.25, 0.3) is 0 Å². The lowest BCUT2D eigenvalue weighted by Gasteiger charge is -2.19. The normalized spacial score (nSPS) is 26.0. The summed E-state index contributed by atoms with van der Waals surface area (Å²) in [6.45, 7) is 6.20. The average Bonchev–Trinajstić information content (AvgIpc) is 2.46. The summed E-state index contributed by atoms with van der Waals surface area (Å²) < 4.78 is 1.03. The zero-order valence-electron chi connectivity index (χ0n) is 9.07. The summed E-state index contributed by atoms with van der Waals surface area (Å²) in [5, 5.41) is 0. The van der Waals surface area contributed by atoms with Crippen LogP contribution in [0.5, 0.6) is 0 Å². The number of hydrogen-bond acceptors (Lipinski definition) is 3. The van der Waals surface area contributed by atoms with Crippen molar-refractivity contribution in [3.8, 4) is 0 Å². The van der Waals surface area contributed by atoms with Crippen molar-refractivity contribution in [2.75, 3.05) is 18.0 Å². The van der Waals surface area contributed by atoms with Crippen molar-refractivity contribution < 1.29 is 0 Å². The molecule has 0 saturated carbocycles. The van der Waals surface area contributed by atoms with E-state index in [1.807, 2.05) is 6.20 Å². The van der Waals surface area contributed by atoms with Crippen LogP contribution in [0.25, 0.3) is 0 Å². The minimum absolute atomic E-state index is 0.273. The molecule has 1 saturated heterocycles. The van der Waals surface area contributed by atoms with Crippen molar-refractivity contribution in [2.24, 2.45) is 11.7 Å². The number of aryl methyl sites for hydroxylation is 1. The van der Waals surface area contributed by atoms with E-state index in [-0.39, 0.29) is 6.04 Å². The fraction of sp³-hybridized carbons (Fsp3) is 0.545. The van der Waals surface area contributed by atoms with E-state index < -0.39 is 0 Å². The molecule has 0 aromatic carbocycles. The molecule has 0 amide bonds. The Balaban J connectivity index is 2.24. The summed E-state index contributed by atoms with van der Waals surface area (Å²) in [6, 6.07) is 2.37. The first kappa shape index (κ1) is 10.9. The first-order valence-corrected chi connectivity index (χ1v) is 6.00. The van der Waals surface area contributed by atoms with Gasteiger partial charge in [-0.25, -0.2) is 4.98 Å². The molecule has 1 aromatic heterocycles. The molecule has 1 aromatic rings. The van der Waals surface area contributed by atoms with Crippen molar-refractivity contribution in [3.63, 3.8) is 0 Å². The zero-order chi connectivity index (χ0) is 11.0. The summed E-state index contributed by atoms with van der Waals surface area (Å²) >= 11 is 3.42. The first-order chi connectivity index (χ1) is 7.08. The van der Waals surface area contributed by atoms with Gasteiger partial charge in [0.1, 0.15) is 5.82 Å². The van der Waals surface area contributed by atoms with E-state index in [9.17, 15) is 0 Å². The lowest BCUT2D eigenvalue weighted by atomic mass is 10.1. The molecule has 0 aliphatic carbocycles. The second-order valence-electron chi connectivity index (χ2n) is 4.34. The summed E-state index contributed by atoms with van der Waals surface area (Å²) in [4.78, 5) is 6.73. The Hall–Kier alpha value is -0.610. The molecule has 1 aliphatic heterocycles. The molecule has 0 spiro atoms. The second kappa shape index (κ2) is 4.10. The number of nitrogens with zero attached hydrogens (tertiary/aromatic N) is 2. The van der Waals surface area contributed by atoms with Crippen LogP contribution in [0, 0.1) is 12.8 Å². The average molecular weight is 270 g/mol. The van der Waals surface area contributed by atoms with Crippen LogP contribution in [-0.2, 0) is 0 Å². The summed E-state index contributed by atoms with van der Waals surface area (Å²) in [5.74, 6) is 1.62. The molecule has 2 rings (SSSR count). The van der Waals surface area contributed by atoms with Crippen LogP contribution >= 0.6 is 15.9 Å². The van der Waals surface area contributed by atoms with Crippen LogP contribution in [0.2, 0.25) is 0 Å². The second-order valence-corrected chi connectivity index (χ2v) is 5.26. The molecule has 2 unspecified atom stereocenters. The predicted molar refractivity (Wildman–Crippen MR) is 66.0 cm³/mol. The van der Waals surface area contributed by atoms with E-state index in [1.165, 1.54) is 5.56 Å². The maximum atomic E-state index is 6.01. The van der Waals surface area contributed by atoms with Crippen molar-refractivity contribution >= 4 is 21.7 Å². The lowest BCUT2D eigenvalue weighted by molar-refractivity contribution is 0.566. The van der Waals surface area contributed by atoms with Gasteiger partial charge in [-0.2, -0.15) is 0 Å². The SMILES string of the molecule is Cc1cc(Br)cnc1N1CC(C)C(N)C1. The topological polar surface area (TPSA) is 42.2 Å². The van der Waals surface area contributed by atoms with E-state index >= 15 is 0 Å². The molecule has 3 nitrogen and oxygen atoms in total. The van der Waals surface area contributed by atoms with Crippen LogP contribution in [0.15, 0.2) is 16.7 Å². The third kappa shape index (κ3) is 2.16. The van der Waals surface area contributed by atoms with Gasteiger partial charge in [-0.3, -0.25) is 0 Å². The first-order valence-electron chi connectivity index (χ1n) is 5.20. The third-order valence-corrected chi connectivity index (χ3v) is 3.42. The maximum Gasteiger partial charge on any atom is 0.131 e. The van der Waals surface area contributed by atoms with Crippen molar-refractivity contribution in [3.05, 3.63) is 22.3 Å². The van der Waals surface area contributed by atoms with Crippen LogP contribution in [0.3, 0.4) is 0 Å². The Morgan fingerprint density at radius 1 is 1.53 bits per heavy atom. The summed E-state index contributed by atoms with van der Waals surface area (Å²) in [7, 11) is 0. The quantitative estimate of drug-likeness (QED) is 0.848. The molecule has 1 aliphatic rings. The Morgan fingerprint density at radius 2 is 2.27 bits per heavy atom. The Labute approximate surface area is 98.8 Å². The number of anilines is 1. The number of hydrogen-bond donors (Lipinski definition) is 1. The predicted octanol–water partition coefficient (Wildman–Crippen LogP) is 1.94. The fourth-order valence-electron chi connectivity index (χ4n) is 2.03. The van der Waals surface area contributed by atoms with Gasteiger partial charge in [-0.15, -0.1) is 0 Å². The van der Waals surface area contributed by atoms with Crippen molar-refractivity contribution in [1.29, 1.82) is 0 Å². The van der Waals surface area contributed by atoms with E-state index in [4.69, 9.17) is 5.73 Å². The molecule has 15 heavy (non-hydrogen) atoms. The number of aromatic nitrogens is 1. The largest absolute Gasteiger partial charge is 0.355 e. The van der Waals surface area contributed by atoms with Gasteiger partial charge >= 0.3 is 0 Å². The summed E-state index contributed by atoms with van der Waals surface area (Å²) in [5.41, 5.74) is 7.21. The smallest absolute Gasteiger partial charge is 0.131 e. The number of rotatable bonds is 1. The third-order valence-electron chi connectivity index (χ3n) is 2.99. The minimum Gasteiger partial charge on any atom is -0.355 e. The summed E-state index contributed by atoms with van der Waals surface area (Å²) in [6.07, 6.45) is 1.84. The minimum atomic E-state index is 0.273. The van der Waals surface area contributed by atoms with E-state index in [0.717, 1.165) is 23.4 Å². The highest BCUT2D eigenvalue weighted by atomic mass is 79.9. The molecule has 2 heterocycles. The fourth-order valence-corrected chi connectivity index (χ4v) is 2.47. The van der Waals surface area contributed by atoms with Crippen LogP contribution < -0.4 is 10.6 Å². The standard InChI is InChI=1S/C11H16BrN3/c1-7-3-9(12)4-14-11(7)15-5-8(2)10(13)6-15/h3-4,8,10H,5-6,13H2,1-2H3. The van der Waals surface area contributed by atoms with Crippen LogP contribution in [-0.4, -0.2) is 24.1 Å². The van der Waals surface area contributed by atoms with Crippen LogP contribution in [0.4, 0.5) is 5.82 Å². The number of halogens is 1. The lowest BCUT2D eigenvalue weighted by Crippen LogP contribution is -2.29. The highest BCUT2D eigenvalue weighted by Crippen LogP contribution is 2.25. The van der Waals surface area contributed by atoms with Gasteiger partial charge in [-0.05, 0) is 40.4 Å². The van der Waals surface area contributed by atoms with E-state index in [0.29, 0.717) is 5.92 Å². The molecular formula is C11H16BrN3. The van der Waals surface area contributed by atoms with Crippen molar-refractivity contribution in [2.45, 2.75) is 19.9 Å².